The van der Waals surface area contributed by atoms with Gasteiger partial charge in [0.2, 0.25) is 5.91 Å². The van der Waals surface area contributed by atoms with Crippen LogP contribution < -0.4 is 5.32 Å². The van der Waals surface area contributed by atoms with Crippen LogP contribution in [0.2, 0.25) is 0 Å². The fourth-order valence-corrected chi connectivity index (χ4v) is 3.80. The monoisotopic (exact) mass is 439 g/mol. The molecule has 1 aliphatic heterocycles. The Morgan fingerprint density at radius 2 is 1.70 bits per heavy atom. The minimum absolute atomic E-state index is 0.000152. The van der Waals surface area contributed by atoms with Crippen molar-refractivity contribution in [2.45, 2.75) is 78.4 Å². The van der Waals surface area contributed by atoms with Crippen LogP contribution in [0.5, 0.6) is 0 Å². The summed E-state index contributed by atoms with van der Waals surface area (Å²) in [6.07, 6.45) is 1.58. The van der Waals surface area contributed by atoms with Crippen LogP contribution >= 0.6 is 11.3 Å². The number of thiazole rings is 1. The van der Waals surface area contributed by atoms with Crippen molar-refractivity contribution in [2.24, 2.45) is 5.92 Å². The lowest BCUT2D eigenvalue weighted by molar-refractivity contribution is -0.156. The third-order valence-electron chi connectivity index (χ3n) is 4.33. The zero-order valence-corrected chi connectivity index (χ0v) is 19.6. The minimum Gasteiger partial charge on any atom is -0.460 e. The van der Waals surface area contributed by atoms with Crippen molar-refractivity contribution < 1.29 is 23.9 Å². The molecule has 0 unspecified atom stereocenters. The molecule has 2 rings (SSSR count). The standard InChI is InChI=1S/C21H33N3O5S/c1-20(2,3)28-17(26)11-14-7-9-24(10-8-14)16(25)12-15-13-30-18(22-15)23-19(27)29-21(4,5)6/h13-14H,7-12H2,1-6H3,(H,22,23,27). The molecule has 0 bridgehead atoms. The predicted octanol–water partition coefficient (Wildman–Crippen LogP) is 4.00. The first-order chi connectivity index (χ1) is 13.8. The number of esters is 1. The molecule has 168 valence electrons. The topological polar surface area (TPSA) is 97.8 Å². The molecule has 1 aromatic heterocycles. The molecular weight excluding hydrogens is 406 g/mol. The Morgan fingerprint density at radius 1 is 1.10 bits per heavy atom. The normalized spacial score (nSPS) is 15.6. The van der Waals surface area contributed by atoms with Crippen LogP contribution in [0.15, 0.2) is 5.38 Å². The van der Waals surface area contributed by atoms with E-state index < -0.39 is 17.3 Å². The molecule has 30 heavy (non-hydrogen) atoms. The summed E-state index contributed by atoms with van der Waals surface area (Å²) < 4.78 is 10.6. The van der Waals surface area contributed by atoms with Gasteiger partial charge >= 0.3 is 12.1 Å². The first-order valence-corrected chi connectivity index (χ1v) is 11.1. The largest absolute Gasteiger partial charge is 0.460 e. The quantitative estimate of drug-likeness (QED) is 0.696. The molecule has 0 aromatic carbocycles. The lowest BCUT2D eigenvalue weighted by Gasteiger charge is -2.32. The molecule has 0 aliphatic carbocycles. The zero-order chi connectivity index (χ0) is 22.5. The van der Waals surface area contributed by atoms with E-state index in [0.717, 1.165) is 12.8 Å². The number of aromatic nitrogens is 1. The SMILES string of the molecule is CC(C)(C)OC(=O)CC1CCN(C(=O)Cc2csc(NC(=O)OC(C)(C)C)n2)CC1. The van der Waals surface area contributed by atoms with Crippen molar-refractivity contribution in [3.05, 3.63) is 11.1 Å². The number of hydrogen-bond acceptors (Lipinski definition) is 7. The fourth-order valence-electron chi connectivity index (χ4n) is 3.11. The second-order valence-corrected chi connectivity index (χ2v) is 10.4. The van der Waals surface area contributed by atoms with Crippen molar-refractivity contribution >= 4 is 34.4 Å². The summed E-state index contributed by atoms with van der Waals surface area (Å²) in [5.74, 6) is 0.0624. The van der Waals surface area contributed by atoms with E-state index in [1.54, 1.807) is 26.2 Å². The number of nitrogens with one attached hydrogen (secondary N) is 1. The van der Waals surface area contributed by atoms with E-state index in [4.69, 9.17) is 9.47 Å². The van der Waals surface area contributed by atoms with Crippen LogP contribution in [0.3, 0.4) is 0 Å². The van der Waals surface area contributed by atoms with Gasteiger partial charge in [-0.05, 0) is 60.3 Å². The highest BCUT2D eigenvalue weighted by molar-refractivity contribution is 7.13. The summed E-state index contributed by atoms with van der Waals surface area (Å²) in [6, 6.07) is 0. The van der Waals surface area contributed by atoms with Crippen molar-refractivity contribution in [1.82, 2.24) is 9.88 Å². The number of anilines is 1. The highest BCUT2D eigenvalue weighted by atomic mass is 32.1. The van der Waals surface area contributed by atoms with E-state index >= 15 is 0 Å². The van der Waals surface area contributed by atoms with Crippen molar-refractivity contribution in [3.63, 3.8) is 0 Å². The van der Waals surface area contributed by atoms with Gasteiger partial charge in [-0.2, -0.15) is 0 Å². The maximum Gasteiger partial charge on any atom is 0.413 e. The van der Waals surface area contributed by atoms with Gasteiger partial charge in [0, 0.05) is 24.9 Å². The summed E-state index contributed by atoms with van der Waals surface area (Å²) in [7, 11) is 0. The number of piperidine rings is 1. The number of carbonyl (C=O) groups excluding carboxylic acids is 3. The first-order valence-electron chi connectivity index (χ1n) is 10.2. The Balaban J connectivity index is 1.77. The van der Waals surface area contributed by atoms with Crippen LogP contribution in [-0.4, -0.2) is 52.1 Å². The molecule has 0 radical (unpaired) electrons. The van der Waals surface area contributed by atoms with Crippen LogP contribution in [0.1, 0.15) is 66.5 Å². The lowest BCUT2D eigenvalue weighted by Crippen LogP contribution is -2.40. The molecule has 1 saturated heterocycles. The third kappa shape index (κ3) is 8.69. The molecule has 1 aliphatic rings. The highest BCUT2D eigenvalue weighted by Crippen LogP contribution is 2.24. The number of nitrogens with zero attached hydrogens (tertiary/aromatic N) is 2. The van der Waals surface area contributed by atoms with Gasteiger partial charge in [-0.15, -0.1) is 11.3 Å². The van der Waals surface area contributed by atoms with E-state index in [2.05, 4.69) is 10.3 Å². The second kappa shape index (κ2) is 9.76. The van der Waals surface area contributed by atoms with Crippen molar-refractivity contribution in [3.8, 4) is 0 Å². The smallest absolute Gasteiger partial charge is 0.413 e. The highest BCUT2D eigenvalue weighted by Gasteiger charge is 2.27. The number of ether oxygens (including phenoxy) is 2. The van der Waals surface area contributed by atoms with Gasteiger partial charge in [0.25, 0.3) is 0 Å². The summed E-state index contributed by atoms with van der Waals surface area (Å²) >= 11 is 1.26. The Bertz CT molecular complexity index is 755. The Hall–Kier alpha value is -2.16. The van der Waals surface area contributed by atoms with E-state index in [1.165, 1.54) is 11.3 Å². The molecule has 1 N–H and O–H groups in total. The predicted molar refractivity (Wildman–Crippen MR) is 115 cm³/mol. The lowest BCUT2D eigenvalue weighted by atomic mass is 9.93. The van der Waals surface area contributed by atoms with Crippen LogP contribution in [-0.2, 0) is 25.5 Å². The summed E-state index contributed by atoms with van der Waals surface area (Å²) in [5.41, 5.74) is -0.444. The minimum atomic E-state index is -0.588. The summed E-state index contributed by atoms with van der Waals surface area (Å²) in [4.78, 5) is 42.5. The van der Waals surface area contributed by atoms with Gasteiger partial charge < -0.3 is 14.4 Å². The van der Waals surface area contributed by atoms with Crippen LogP contribution in [0, 0.1) is 5.92 Å². The van der Waals surface area contributed by atoms with E-state index in [1.807, 2.05) is 25.7 Å². The van der Waals surface area contributed by atoms with Gasteiger partial charge in [-0.25, -0.2) is 9.78 Å². The molecule has 2 amide bonds. The van der Waals surface area contributed by atoms with Crippen molar-refractivity contribution in [1.29, 1.82) is 0 Å². The molecule has 1 aromatic rings. The van der Waals surface area contributed by atoms with Crippen molar-refractivity contribution in [2.75, 3.05) is 18.4 Å². The number of hydrogen-bond donors (Lipinski definition) is 1. The van der Waals surface area contributed by atoms with E-state index in [-0.39, 0.29) is 24.2 Å². The molecular formula is C21H33N3O5S. The summed E-state index contributed by atoms with van der Waals surface area (Å²) in [6.45, 7) is 12.2. The molecule has 0 atom stereocenters. The summed E-state index contributed by atoms with van der Waals surface area (Å²) in [5, 5.41) is 4.76. The molecule has 2 heterocycles. The zero-order valence-electron chi connectivity index (χ0n) is 18.7. The first kappa shape index (κ1) is 24.1. The van der Waals surface area contributed by atoms with Gasteiger partial charge in [-0.3, -0.25) is 14.9 Å². The van der Waals surface area contributed by atoms with E-state index in [9.17, 15) is 14.4 Å². The fraction of sp³-hybridized carbons (Fsp3) is 0.714. The van der Waals surface area contributed by atoms with Gasteiger partial charge in [0.05, 0.1) is 12.1 Å². The third-order valence-corrected chi connectivity index (χ3v) is 5.14. The van der Waals surface area contributed by atoms with Crippen LogP contribution in [0.4, 0.5) is 9.93 Å². The number of carbonyl (C=O) groups is 3. The Kier molecular flexibility index (Phi) is 7.85. The average molecular weight is 440 g/mol. The molecule has 1 fully saturated rings. The molecule has 8 nitrogen and oxygen atoms in total. The Morgan fingerprint density at radius 3 is 2.27 bits per heavy atom. The van der Waals surface area contributed by atoms with E-state index in [0.29, 0.717) is 30.3 Å². The second-order valence-electron chi connectivity index (χ2n) is 9.56. The molecule has 0 spiro atoms. The maximum atomic E-state index is 12.6. The average Bonchev–Trinajstić information content (AvgIpc) is 2.98. The van der Waals surface area contributed by atoms with Gasteiger partial charge in [0.15, 0.2) is 5.13 Å². The molecule has 9 heteroatoms. The molecule has 0 saturated carbocycles. The number of rotatable bonds is 5. The Labute approximate surface area is 182 Å². The van der Waals surface area contributed by atoms with Gasteiger partial charge in [0.1, 0.15) is 11.2 Å². The number of likely N-dealkylation sites (tertiary alicyclic amines) is 1. The van der Waals surface area contributed by atoms with Gasteiger partial charge in [-0.1, -0.05) is 0 Å². The van der Waals surface area contributed by atoms with Crippen LogP contribution in [0.25, 0.3) is 0 Å². The number of amides is 2. The maximum absolute atomic E-state index is 12.6.